The number of rotatable bonds is 9. The maximum atomic E-state index is 14.6. The van der Waals surface area contributed by atoms with Crippen LogP contribution in [-0.2, 0) is 27.9 Å². The zero-order chi connectivity index (χ0) is 24.8. The molecule has 9 nitrogen and oxygen atoms in total. The highest BCUT2D eigenvalue weighted by molar-refractivity contribution is 7.92. The lowest BCUT2D eigenvalue weighted by Crippen LogP contribution is -2.15. The zero-order valence-electron chi connectivity index (χ0n) is 18.6. The van der Waals surface area contributed by atoms with Crippen molar-refractivity contribution in [2.75, 3.05) is 11.8 Å². The van der Waals surface area contributed by atoms with Crippen LogP contribution in [0.15, 0.2) is 84.3 Å². The lowest BCUT2D eigenvalue weighted by molar-refractivity contribution is 0.0600. The molecule has 1 N–H and O–H groups in total. The third-order valence-corrected chi connectivity index (χ3v) is 6.31. The van der Waals surface area contributed by atoms with Gasteiger partial charge in [-0.1, -0.05) is 30.3 Å². The average Bonchev–Trinajstić information content (AvgIpc) is 3.36. The summed E-state index contributed by atoms with van der Waals surface area (Å²) in [5.41, 5.74) is 1.66. The quantitative estimate of drug-likeness (QED) is 0.352. The number of halogens is 1. The van der Waals surface area contributed by atoms with E-state index in [0.29, 0.717) is 5.56 Å². The highest BCUT2D eigenvalue weighted by atomic mass is 32.2. The molecule has 4 rings (SSSR count). The van der Waals surface area contributed by atoms with Crippen molar-refractivity contribution in [2.45, 2.75) is 18.0 Å². The molecule has 0 aliphatic heterocycles. The van der Waals surface area contributed by atoms with Crippen LogP contribution in [0.25, 0.3) is 0 Å². The van der Waals surface area contributed by atoms with Gasteiger partial charge in [-0.05, 0) is 47.5 Å². The van der Waals surface area contributed by atoms with Crippen molar-refractivity contribution in [2.24, 2.45) is 0 Å². The molecule has 0 amide bonds. The molecule has 11 heteroatoms. The van der Waals surface area contributed by atoms with E-state index in [4.69, 9.17) is 9.47 Å². The monoisotopic (exact) mass is 496 g/mol. The van der Waals surface area contributed by atoms with Gasteiger partial charge in [-0.2, -0.15) is 5.10 Å². The van der Waals surface area contributed by atoms with Gasteiger partial charge < -0.3 is 9.47 Å². The van der Waals surface area contributed by atoms with E-state index >= 15 is 0 Å². The number of benzene rings is 3. The molecule has 0 saturated heterocycles. The number of methoxy groups -OCH3 is 1. The predicted octanol–water partition coefficient (Wildman–Crippen LogP) is 3.63. The van der Waals surface area contributed by atoms with Gasteiger partial charge in [0.2, 0.25) is 0 Å². The van der Waals surface area contributed by atoms with Crippen LogP contribution in [0, 0.1) is 5.82 Å². The van der Waals surface area contributed by atoms with E-state index < -0.39 is 21.8 Å². The summed E-state index contributed by atoms with van der Waals surface area (Å²) in [5.74, 6) is -1.54. The zero-order valence-corrected chi connectivity index (χ0v) is 19.4. The number of esters is 1. The number of ether oxygens (including phenoxy) is 2. The number of hydrogen-bond donors (Lipinski definition) is 1. The molecule has 0 spiro atoms. The second-order valence-electron chi connectivity index (χ2n) is 7.48. The van der Waals surface area contributed by atoms with Crippen molar-refractivity contribution < 1.29 is 27.1 Å². The Balaban J connectivity index is 1.55. The lowest BCUT2D eigenvalue weighted by atomic mass is 10.1. The van der Waals surface area contributed by atoms with E-state index in [0.717, 1.165) is 11.6 Å². The first kappa shape index (κ1) is 23.9. The van der Waals surface area contributed by atoms with E-state index in [1.807, 2.05) is 30.3 Å². The van der Waals surface area contributed by atoms with E-state index in [1.165, 1.54) is 42.6 Å². The topological polar surface area (TPSA) is 112 Å². The fourth-order valence-corrected chi connectivity index (χ4v) is 4.35. The summed E-state index contributed by atoms with van der Waals surface area (Å²) in [4.78, 5) is 15.7. The largest absolute Gasteiger partial charge is 0.486 e. The van der Waals surface area contributed by atoms with Gasteiger partial charge in [0.05, 0.1) is 29.8 Å². The summed E-state index contributed by atoms with van der Waals surface area (Å²) in [6, 6.07) is 17.0. The second-order valence-corrected chi connectivity index (χ2v) is 9.16. The first-order valence-electron chi connectivity index (χ1n) is 10.4. The molecular weight excluding hydrogens is 475 g/mol. The molecule has 0 aliphatic carbocycles. The van der Waals surface area contributed by atoms with E-state index in [-0.39, 0.29) is 35.0 Å². The van der Waals surface area contributed by atoms with Crippen molar-refractivity contribution in [3.63, 3.8) is 0 Å². The van der Waals surface area contributed by atoms with Gasteiger partial charge in [0, 0.05) is 0 Å². The van der Waals surface area contributed by atoms with E-state index in [9.17, 15) is 17.6 Å². The van der Waals surface area contributed by atoms with Gasteiger partial charge in [-0.25, -0.2) is 27.3 Å². The van der Waals surface area contributed by atoms with Crippen molar-refractivity contribution in [1.82, 2.24) is 14.8 Å². The molecule has 0 atom stereocenters. The predicted molar refractivity (Wildman–Crippen MR) is 125 cm³/mol. The molecule has 0 radical (unpaired) electrons. The summed E-state index contributed by atoms with van der Waals surface area (Å²) in [7, 11) is -2.96. The summed E-state index contributed by atoms with van der Waals surface area (Å²) in [6.07, 6.45) is 2.84. The smallest absolute Gasteiger partial charge is 0.337 e. The molecular formula is C24H21FN4O5S. The Morgan fingerprint density at radius 3 is 2.54 bits per heavy atom. The number of hydrogen-bond acceptors (Lipinski definition) is 7. The number of carbonyl (C=O) groups is 1. The van der Waals surface area contributed by atoms with Crippen LogP contribution in [0.1, 0.15) is 21.5 Å². The van der Waals surface area contributed by atoms with Crippen LogP contribution in [0.4, 0.5) is 10.1 Å². The Morgan fingerprint density at radius 2 is 1.86 bits per heavy atom. The van der Waals surface area contributed by atoms with Crippen LogP contribution in [-0.4, -0.2) is 36.3 Å². The van der Waals surface area contributed by atoms with Crippen LogP contribution < -0.4 is 9.46 Å². The highest BCUT2D eigenvalue weighted by Crippen LogP contribution is 2.25. The molecule has 3 aromatic carbocycles. The molecule has 4 aromatic rings. The number of aromatic nitrogens is 3. The average molecular weight is 497 g/mol. The van der Waals surface area contributed by atoms with Crippen LogP contribution in [0.5, 0.6) is 5.75 Å². The Morgan fingerprint density at radius 1 is 1.06 bits per heavy atom. The number of carbonyl (C=O) groups excluding carboxylic acids is 1. The second kappa shape index (κ2) is 10.3. The molecule has 0 bridgehead atoms. The normalized spacial score (nSPS) is 11.1. The minimum absolute atomic E-state index is 0.0735. The van der Waals surface area contributed by atoms with Gasteiger partial charge in [0.15, 0.2) is 11.6 Å². The maximum absolute atomic E-state index is 14.6. The van der Waals surface area contributed by atoms with E-state index in [1.54, 1.807) is 12.1 Å². The summed E-state index contributed by atoms with van der Waals surface area (Å²) < 4.78 is 54.7. The Kier molecular flexibility index (Phi) is 7.06. The molecule has 0 fully saturated rings. The Labute approximate surface area is 201 Å². The molecule has 0 aliphatic rings. The first-order valence-corrected chi connectivity index (χ1v) is 11.9. The standard InChI is InChI=1S/C24H21FN4O5S/c1-33-24(30)19-9-18(13-29-16-26-15-27-29)10-20(11-19)28-35(31,32)21-7-8-23(22(25)12-21)34-14-17-5-3-2-4-6-17/h2-12,15-16,28H,13-14H2,1H3. The summed E-state index contributed by atoms with van der Waals surface area (Å²) in [6.45, 7) is 0.374. The molecule has 1 heterocycles. The molecule has 0 saturated carbocycles. The lowest BCUT2D eigenvalue weighted by Gasteiger charge is -2.13. The Hall–Kier alpha value is -4.25. The minimum atomic E-state index is -4.18. The third-order valence-electron chi connectivity index (χ3n) is 4.93. The third kappa shape index (κ3) is 6.01. The van der Waals surface area contributed by atoms with Gasteiger partial charge in [-0.3, -0.25) is 4.72 Å². The van der Waals surface area contributed by atoms with Crippen molar-refractivity contribution in [3.8, 4) is 5.75 Å². The molecule has 0 unspecified atom stereocenters. The van der Waals surface area contributed by atoms with Crippen LogP contribution >= 0.6 is 0 Å². The number of nitrogens with zero attached hydrogens (tertiary/aromatic N) is 3. The molecule has 1 aromatic heterocycles. The maximum Gasteiger partial charge on any atom is 0.337 e. The van der Waals surface area contributed by atoms with Crippen LogP contribution in [0.3, 0.4) is 0 Å². The van der Waals surface area contributed by atoms with Gasteiger partial charge in [0.1, 0.15) is 19.3 Å². The number of sulfonamides is 1. The van der Waals surface area contributed by atoms with Gasteiger partial charge in [0.25, 0.3) is 10.0 Å². The van der Waals surface area contributed by atoms with Crippen molar-refractivity contribution in [1.29, 1.82) is 0 Å². The van der Waals surface area contributed by atoms with Crippen molar-refractivity contribution >= 4 is 21.7 Å². The Bertz CT molecular complexity index is 1430. The summed E-state index contributed by atoms with van der Waals surface area (Å²) in [5, 5.41) is 4.01. The number of anilines is 1. The summed E-state index contributed by atoms with van der Waals surface area (Å²) >= 11 is 0. The van der Waals surface area contributed by atoms with E-state index in [2.05, 4.69) is 14.8 Å². The molecule has 180 valence electrons. The first-order chi connectivity index (χ1) is 16.8. The fourth-order valence-electron chi connectivity index (χ4n) is 3.29. The highest BCUT2D eigenvalue weighted by Gasteiger charge is 2.19. The SMILES string of the molecule is COC(=O)c1cc(Cn2cncn2)cc(NS(=O)(=O)c2ccc(OCc3ccccc3)c(F)c2)c1. The fraction of sp³-hybridized carbons (Fsp3) is 0.125. The van der Waals surface area contributed by atoms with Crippen molar-refractivity contribution in [3.05, 3.63) is 102 Å². The number of nitrogens with one attached hydrogen (secondary N) is 1. The van der Waals surface area contributed by atoms with Gasteiger partial charge >= 0.3 is 5.97 Å². The minimum Gasteiger partial charge on any atom is -0.486 e. The van der Waals surface area contributed by atoms with Gasteiger partial charge in [-0.15, -0.1) is 0 Å². The molecule has 35 heavy (non-hydrogen) atoms. The van der Waals surface area contributed by atoms with Crippen LogP contribution in [0.2, 0.25) is 0 Å².